The number of carbonyl (C=O) groups excluding carboxylic acids is 1. The molecule has 0 fully saturated rings. The van der Waals surface area contributed by atoms with Gasteiger partial charge in [-0.2, -0.15) is 0 Å². The van der Waals surface area contributed by atoms with Gasteiger partial charge in [0.1, 0.15) is 0 Å². The minimum Gasteiger partial charge on any atom is -0.298 e. The summed E-state index contributed by atoms with van der Waals surface area (Å²) in [6.45, 7) is 1.93. The predicted octanol–water partition coefficient (Wildman–Crippen LogP) is 3.52. The molecule has 2 rings (SSSR count). The average molecular weight is 232 g/mol. The van der Waals surface area contributed by atoms with Gasteiger partial charge >= 0.3 is 0 Å². The Morgan fingerprint density at radius 1 is 1.19 bits per heavy atom. The second-order valence-corrected chi connectivity index (χ2v) is 3.95. The van der Waals surface area contributed by atoms with Gasteiger partial charge in [0, 0.05) is 23.0 Å². The molecule has 0 unspecified atom stereocenters. The Bertz CT molecular complexity index is 520. The Morgan fingerprint density at radius 3 is 2.56 bits per heavy atom. The third kappa shape index (κ3) is 2.12. The van der Waals surface area contributed by atoms with Crippen molar-refractivity contribution in [2.75, 3.05) is 0 Å². The third-order valence-electron chi connectivity index (χ3n) is 2.37. The highest BCUT2D eigenvalue weighted by Crippen LogP contribution is 2.23. The fourth-order valence-electron chi connectivity index (χ4n) is 1.45. The molecule has 16 heavy (non-hydrogen) atoms. The SMILES string of the molecule is Cc1ccc(-c2ccc(Cl)c(C=O)c2)cn1. The number of aromatic nitrogens is 1. The molecule has 0 aliphatic carbocycles. The molecule has 2 aromatic rings. The Morgan fingerprint density at radius 2 is 1.94 bits per heavy atom. The van der Waals surface area contributed by atoms with E-state index >= 15 is 0 Å². The molecule has 1 aromatic heterocycles. The zero-order valence-corrected chi connectivity index (χ0v) is 9.53. The van der Waals surface area contributed by atoms with Crippen LogP contribution >= 0.6 is 11.6 Å². The van der Waals surface area contributed by atoms with Crippen molar-refractivity contribution in [3.05, 3.63) is 52.8 Å². The fraction of sp³-hybridized carbons (Fsp3) is 0.0769. The number of hydrogen-bond donors (Lipinski definition) is 0. The predicted molar refractivity (Wildman–Crippen MR) is 64.8 cm³/mol. The van der Waals surface area contributed by atoms with E-state index < -0.39 is 0 Å². The Hall–Kier alpha value is -1.67. The van der Waals surface area contributed by atoms with Crippen LogP contribution in [0.1, 0.15) is 16.1 Å². The van der Waals surface area contributed by atoms with Crippen molar-refractivity contribution in [2.24, 2.45) is 0 Å². The maximum absolute atomic E-state index is 10.8. The first-order chi connectivity index (χ1) is 7.70. The van der Waals surface area contributed by atoms with Gasteiger partial charge in [-0.05, 0) is 30.7 Å². The lowest BCUT2D eigenvalue weighted by molar-refractivity contribution is 0.112. The highest BCUT2D eigenvalue weighted by Gasteiger charge is 2.03. The maximum Gasteiger partial charge on any atom is 0.151 e. The largest absolute Gasteiger partial charge is 0.298 e. The van der Waals surface area contributed by atoms with Crippen LogP contribution < -0.4 is 0 Å². The molecule has 0 saturated carbocycles. The van der Waals surface area contributed by atoms with Gasteiger partial charge in [0.2, 0.25) is 0 Å². The normalized spacial score (nSPS) is 10.1. The number of halogens is 1. The quantitative estimate of drug-likeness (QED) is 0.741. The van der Waals surface area contributed by atoms with E-state index in [0.29, 0.717) is 10.6 Å². The number of benzene rings is 1. The summed E-state index contributed by atoms with van der Waals surface area (Å²) in [5, 5.41) is 0.471. The number of nitrogens with zero attached hydrogens (tertiary/aromatic N) is 1. The standard InChI is InChI=1S/C13H10ClNO/c1-9-2-3-11(7-15-9)10-4-5-13(14)12(6-10)8-16/h2-8H,1H3. The number of aryl methyl sites for hydroxylation is 1. The highest BCUT2D eigenvalue weighted by atomic mass is 35.5. The molecule has 0 radical (unpaired) electrons. The molecule has 0 spiro atoms. The van der Waals surface area contributed by atoms with Gasteiger partial charge in [0.05, 0.1) is 5.02 Å². The number of carbonyl (C=O) groups is 1. The van der Waals surface area contributed by atoms with Crippen molar-refractivity contribution in [1.29, 1.82) is 0 Å². The summed E-state index contributed by atoms with van der Waals surface area (Å²) in [4.78, 5) is 15.0. The van der Waals surface area contributed by atoms with Gasteiger partial charge in [0.15, 0.2) is 6.29 Å². The summed E-state index contributed by atoms with van der Waals surface area (Å²) >= 11 is 5.86. The molecule has 0 amide bonds. The molecule has 0 atom stereocenters. The van der Waals surface area contributed by atoms with Gasteiger partial charge in [-0.15, -0.1) is 0 Å². The van der Waals surface area contributed by atoms with Crippen molar-refractivity contribution in [3.8, 4) is 11.1 Å². The number of pyridine rings is 1. The third-order valence-corrected chi connectivity index (χ3v) is 2.71. The molecule has 80 valence electrons. The van der Waals surface area contributed by atoms with Gasteiger partial charge in [0.25, 0.3) is 0 Å². The Labute approximate surface area is 98.9 Å². The lowest BCUT2D eigenvalue weighted by Crippen LogP contribution is -1.86. The van der Waals surface area contributed by atoms with Crippen LogP contribution in [0.5, 0.6) is 0 Å². The molecular formula is C13H10ClNO. The van der Waals surface area contributed by atoms with E-state index in [9.17, 15) is 4.79 Å². The summed E-state index contributed by atoms with van der Waals surface area (Å²) < 4.78 is 0. The van der Waals surface area contributed by atoms with E-state index in [1.165, 1.54) is 0 Å². The van der Waals surface area contributed by atoms with Gasteiger partial charge in [-0.25, -0.2) is 0 Å². The van der Waals surface area contributed by atoms with E-state index in [-0.39, 0.29) is 0 Å². The maximum atomic E-state index is 10.8. The fourth-order valence-corrected chi connectivity index (χ4v) is 1.61. The van der Waals surface area contributed by atoms with Crippen molar-refractivity contribution in [2.45, 2.75) is 6.92 Å². The van der Waals surface area contributed by atoms with Crippen LogP contribution in [0.3, 0.4) is 0 Å². The first kappa shape index (κ1) is 10.8. The van der Waals surface area contributed by atoms with Crippen LogP contribution in [-0.2, 0) is 0 Å². The van der Waals surface area contributed by atoms with E-state index in [2.05, 4.69) is 4.98 Å². The van der Waals surface area contributed by atoms with Crippen molar-refractivity contribution in [1.82, 2.24) is 4.98 Å². The van der Waals surface area contributed by atoms with E-state index in [1.807, 2.05) is 25.1 Å². The monoisotopic (exact) mass is 231 g/mol. The summed E-state index contributed by atoms with van der Waals surface area (Å²) in [6, 6.07) is 9.27. The summed E-state index contributed by atoms with van der Waals surface area (Å²) in [6.07, 6.45) is 2.54. The van der Waals surface area contributed by atoms with E-state index in [4.69, 9.17) is 11.6 Å². The van der Waals surface area contributed by atoms with E-state index in [0.717, 1.165) is 23.1 Å². The first-order valence-electron chi connectivity index (χ1n) is 4.88. The summed E-state index contributed by atoms with van der Waals surface area (Å²) in [5.41, 5.74) is 3.39. The van der Waals surface area contributed by atoms with Crippen LogP contribution in [0.25, 0.3) is 11.1 Å². The summed E-state index contributed by atoms with van der Waals surface area (Å²) in [5.74, 6) is 0. The average Bonchev–Trinajstić information content (AvgIpc) is 2.31. The second-order valence-electron chi connectivity index (χ2n) is 3.54. The molecule has 0 aliphatic rings. The molecule has 1 heterocycles. The van der Waals surface area contributed by atoms with Crippen LogP contribution in [0, 0.1) is 6.92 Å². The lowest BCUT2D eigenvalue weighted by Gasteiger charge is -2.03. The second kappa shape index (κ2) is 4.45. The van der Waals surface area contributed by atoms with Gasteiger partial charge in [-0.3, -0.25) is 9.78 Å². The molecule has 0 bridgehead atoms. The van der Waals surface area contributed by atoms with Crippen LogP contribution in [0.15, 0.2) is 36.5 Å². The van der Waals surface area contributed by atoms with E-state index in [1.54, 1.807) is 18.3 Å². The lowest BCUT2D eigenvalue weighted by atomic mass is 10.1. The molecule has 0 saturated heterocycles. The minimum absolute atomic E-state index is 0.471. The van der Waals surface area contributed by atoms with Crippen LogP contribution in [0.2, 0.25) is 5.02 Å². The molecule has 1 aromatic carbocycles. The number of hydrogen-bond acceptors (Lipinski definition) is 2. The molecule has 0 N–H and O–H groups in total. The molecule has 3 heteroatoms. The van der Waals surface area contributed by atoms with Crippen molar-refractivity contribution in [3.63, 3.8) is 0 Å². The molecular weight excluding hydrogens is 222 g/mol. The van der Waals surface area contributed by atoms with Gasteiger partial charge in [-0.1, -0.05) is 23.7 Å². The van der Waals surface area contributed by atoms with Gasteiger partial charge < -0.3 is 0 Å². The molecule has 0 aliphatic heterocycles. The zero-order valence-electron chi connectivity index (χ0n) is 8.77. The van der Waals surface area contributed by atoms with Crippen molar-refractivity contribution < 1.29 is 4.79 Å². The van der Waals surface area contributed by atoms with Crippen molar-refractivity contribution >= 4 is 17.9 Å². The number of rotatable bonds is 2. The topological polar surface area (TPSA) is 30.0 Å². The Balaban J connectivity index is 2.48. The smallest absolute Gasteiger partial charge is 0.151 e. The number of aldehydes is 1. The summed E-state index contributed by atoms with van der Waals surface area (Å²) in [7, 11) is 0. The molecule has 2 nitrogen and oxygen atoms in total. The zero-order chi connectivity index (χ0) is 11.5. The minimum atomic E-state index is 0.471. The first-order valence-corrected chi connectivity index (χ1v) is 5.26. The van der Waals surface area contributed by atoms with Crippen LogP contribution in [-0.4, -0.2) is 11.3 Å². The highest BCUT2D eigenvalue weighted by molar-refractivity contribution is 6.33. The Kier molecular flexibility index (Phi) is 3.02. The van der Waals surface area contributed by atoms with Crippen LogP contribution in [0.4, 0.5) is 0 Å².